The number of amides is 1. The average Bonchev–Trinajstić information content (AvgIpc) is 2.83. The number of nitrogens with zero attached hydrogens (tertiary/aromatic N) is 1. The van der Waals surface area contributed by atoms with Crippen molar-refractivity contribution in [3.05, 3.63) is 0 Å². The Morgan fingerprint density at radius 2 is 2.12 bits per heavy atom. The van der Waals surface area contributed by atoms with E-state index in [0.29, 0.717) is 23.8 Å². The highest BCUT2D eigenvalue weighted by molar-refractivity contribution is 5.85. The molecule has 2 rings (SSSR count). The van der Waals surface area contributed by atoms with Gasteiger partial charge in [-0.15, -0.1) is 0 Å². The van der Waals surface area contributed by atoms with Crippen molar-refractivity contribution in [3.63, 3.8) is 0 Å². The lowest BCUT2D eigenvalue weighted by Gasteiger charge is -2.27. The molecule has 16 heavy (non-hydrogen) atoms. The average molecular weight is 224 g/mol. The second-order valence-corrected chi connectivity index (χ2v) is 5.72. The van der Waals surface area contributed by atoms with Crippen molar-refractivity contribution in [3.8, 4) is 0 Å². The molecule has 1 saturated carbocycles. The fourth-order valence-electron chi connectivity index (χ4n) is 2.74. The van der Waals surface area contributed by atoms with Crippen LogP contribution in [0.3, 0.4) is 0 Å². The van der Waals surface area contributed by atoms with Crippen molar-refractivity contribution in [2.24, 2.45) is 11.8 Å². The first-order valence-corrected chi connectivity index (χ1v) is 6.64. The number of nitrogens with one attached hydrogen (secondary N) is 1. The van der Waals surface area contributed by atoms with Gasteiger partial charge in [-0.05, 0) is 24.7 Å². The minimum absolute atomic E-state index is 0.0743. The molecule has 1 aliphatic heterocycles. The van der Waals surface area contributed by atoms with Crippen LogP contribution in [0.15, 0.2) is 0 Å². The zero-order valence-corrected chi connectivity index (χ0v) is 10.9. The summed E-state index contributed by atoms with van der Waals surface area (Å²) in [5.41, 5.74) is 0. The van der Waals surface area contributed by atoms with E-state index in [1.807, 2.05) is 0 Å². The fourth-order valence-corrected chi connectivity index (χ4v) is 2.74. The summed E-state index contributed by atoms with van der Waals surface area (Å²) in [6.45, 7) is 8.77. The Balaban J connectivity index is 2.09. The summed E-state index contributed by atoms with van der Waals surface area (Å²) in [6, 6.07) is 0.583. The Morgan fingerprint density at radius 3 is 2.56 bits per heavy atom. The van der Waals surface area contributed by atoms with E-state index in [-0.39, 0.29) is 12.2 Å². The first-order valence-electron chi connectivity index (χ1n) is 6.64. The minimum atomic E-state index is 0.0743. The summed E-state index contributed by atoms with van der Waals surface area (Å²) in [6.07, 6.45) is 3.50. The third-order valence-corrected chi connectivity index (χ3v) is 3.86. The lowest BCUT2D eigenvalue weighted by atomic mass is 10.1. The topological polar surface area (TPSA) is 32.3 Å². The maximum Gasteiger partial charge on any atom is 0.241 e. The van der Waals surface area contributed by atoms with E-state index in [2.05, 4.69) is 37.9 Å². The molecule has 1 N–H and O–H groups in total. The Morgan fingerprint density at radius 1 is 1.50 bits per heavy atom. The van der Waals surface area contributed by atoms with Gasteiger partial charge >= 0.3 is 0 Å². The van der Waals surface area contributed by atoms with E-state index in [0.717, 1.165) is 12.8 Å². The molecular formula is C13H24N2O. The van der Waals surface area contributed by atoms with Crippen LogP contribution in [0, 0.1) is 11.8 Å². The summed E-state index contributed by atoms with van der Waals surface area (Å²) in [7, 11) is 0. The van der Waals surface area contributed by atoms with Crippen molar-refractivity contribution in [2.45, 2.75) is 65.2 Å². The number of carbonyl (C=O) groups is 1. The SMILES string of the molecule is CCCC1NC(C(C)C)N(C2CC2C)C1=O. The molecule has 3 nitrogen and oxygen atoms in total. The Hall–Kier alpha value is -0.570. The number of hydrogen-bond donors (Lipinski definition) is 1. The first-order chi connectivity index (χ1) is 7.56. The molecule has 0 aromatic carbocycles. The van der Waals surface area contributed by atoms with E-state index in [4.69, 9.17) is 0 Å². The Kier molecular flexibility index (Phi) is 3.24. The maximum absolute atomic E-state index is 12.3. The van der Waals surface area contributed by atoms with E-state index >= 15 is 0 Å². The van der Waals surface area contributed by atoms with Gasteiger partial charge in [0.05, 0.1) is 12.2 Å². The van der Waals surface area contributed by atoms with Gasteiger partial charge in [0.15, 0.2) is 0 Å². The van der Waals surface area contributed by atoms with E-state index in [1.165, 1.54) is 6.42 Å². The summed E-state index contributed by atoms with van der Waals surface area (Å²) in [5, 5.41) is 3.51. The lowest BCUT2D eigenvalue weighted by molar-refractivity contribution is -0.131. The predicted octanol–water partition coefficient (Wildman–Crippen LogP) is 1.98. The molecule has 0 aromatic rings. The smallest absolute Gasteiger partial charge is 0.241 e. The lowest BCUT2D eigenvalue weighted by Crippen LogP contribution is -2.43. The molecule has 1 aliphatic carbocycles. The van der Waals surface area contributed by atoms with E-state index in [9.17, 15) is 4.79 Å². The zero-order valence-electron chi connectivity index (χ0n) is 10.9. The molecule has 2 aliphatic rings. The van der Waals surface area contributed by atoms with Gasteiger partial charge in [-0.3, -0.25) is 10.1 Å². The molecule has 4 unspecified atom stereocenters. The molecule has 92 valence electrons. The van der Waals surface area contributed by atoms with Crippen LogP contribution in [0.5, 0.6) is 0 Å². The van der Waals surface area contributed by atoms with Gasteiger partial charge in [0, 0.05) is 6.04 Å². The van der Waals surface area contributed by atoms with E-state index in [1.54, 1.807) is 0 Å². The van der Waals surface area contributed by atoms with Crippen LogP contribution in [0.1, 0.15) is 47.0 Å². The molecule has 1 saturated heterocycles. The summed E-state index contributed by atoms with van der Waals surface area (Å²) < 4.78 is 0. The van der Waals surface area contributed by atoms with Gasteiger partial charge in [0.1, 0.15) is 0 Å². The molecule has 4 atom stereocenters. The standard InChI is InChI=1S/C13H24N2O/c1-5-6-10-13(16)15(11-7-9(11)4)12(14-10)8(2)3/h8-12,14H,5-7H2,1-4H3. The molecule has 0 spiro atoms. The molecule has 1 heterocycles. The quantitative estimate of drug-likeness (QED) is 0.792. The summed E-state index contributed by atoms with van der Waals surface area (Å²) in [5.74, 6) is 1.54. The molecule has 0 bridgehead atoms. The number of rotatable bonds is 4. The van der Waals surface area contributed by atoms with Crippen LogP contribution in [0.25, 0.3) is 0 Å². The van der Waals surface area contributed by atoms with Crippen LogP contribution in [-0.2, 0) is 4.79 Å². The van der Waals surface area contributed by atoms with Crippen LogP contribution >= 0.6 is 0 Å². The zero-order chi connectivity index (χ0) is 11.9. The van der Waals surface area contributed by atoms with Crippen molar-refractivity contribution in [1.29, 1.82) is 0 Å². The Bertz CT molecular complexity index is 277. The van der Waals surface area contributed by atoms with Crippen LogP contribution in [0.4, 0.5) is 0 Å². The molecule has 2 fully saturated rings. The first kappa shape index (κ1) is 11.9. The van der Waals surface area contributed by atoms with Crippen molar-refractivity contribution in [2.75, 3.05) is 0 Å². The summed E-state index contributed by atoms with van der Waals surface area (Å²) >= 11 is 0. The third kappa shape index (κ3) is 1.97. The molecule has 1 amide bonds. The van der Waals surface area contributed by atoms with Gasteiger partial charge in [0.25, 0.3) is 0 Å². The normalized spacial score (nSPS) is 38.6. The maximum atomic E-state index is 12.3. The highest BCUT2D eigenvalue weighted by Crippen LogP contribution is 2.39. The van der Waals surface area contributed by atoms with Gasteiger partial charge in [0.2, 0.25) is 5.91 Å². The molecular weight excluding hydrogens is 200 g/mol. The Labute approximate surface area is 98.6 Å². The largest absolute Gasteiger partial charge is 0.322 e. The second kappa shape index (κ2) is 4.36. The highest BCUT2D eigenvalue weighted by Gasteiger charge is 2.50. The predicted molar refractivity (Wildman–Crippen MR) is 64.9 cm³/mol. The van der Waals surface area contributed by atoms with Gasteiger partial charge in [-0.2, -0.15) is 0 Å². The van der Waals surface area contributed by atoms with Crippen molar-refractivity contribution >= 4 is 5.91 Å². The molecule has 3 heteroatoms. The number of hydrogen-bond acceptors (Lipinski definition) is 2. The highest BCUT2D eigenvalue weighted by atomic mass is 16.2. The summed E-state index contributed by atoms with van der Waals surface area (Å²) in [4.78, 5) is 14.4. The fraction of sp³-hybridized carbons (Fsp3) is 0.923. The molecule has 0 aromatic heterocycles. The van der Waals surface area contributed by atoms with Gasteiger partial charge < -0.3 is 4.90 Å². The minimum Gasteiger partial charge on any atom is -0.322 e. The van der Waals surface area contributed by atoms with Crippen molar-refractivity contribution in [1.82, 2.24) is 10.2 Å². The van der Waals surface area contributed by atoms with Crippen molar-refractivity contribution < 1.29 is 4.79 Å². The van der Waals surface area contributed by atoms with Crippen LogP contribution in [-0.4, -0.2) is 29.1 Å². The van der Waals surface area contributed by atoms with Gasteiger partial charge in [-0.25, -0.2) is 0 Å². The van der Waals surface area contributed by atoms with E-state index < -0.39 is 0 Å². The van der Waals surface area contributed by atoms with Crippen LogP contribution < -0.4 is 5.32 Å². The molecule has 0 radical (unpaired) electrons. The monoisotopic (exact) mass is 224 g/mol. The second-order valence-electron chi connectivity index (χ2n) is 5.72. The van der Waals surface area contributed by atoms with Crippen LogP contribution in [0.2, 0.25) is 0 Å². The number of carbonyl (C=O) groups excluding carboxylic acids is 1. The van der Waals surface area contributed by atoms with Gasteiger partial charge in [-0.1, -0.05) is 34.1 Å². The third-order valence-electron chi connectivity index (χ3n) is 3.86.